The quantitative estimate of drug-likeness (QED) is 0.572. The van der Waals surface area contributed by atoms with Crippen LogP contribution in [0.5, 0.6) is 0 Å². The number of rotatable bonds is 5. The first-order valence-electron chi connectivity index (χ1n) is 11.1. The average Bonchev–Trinajstić information content (AvgIpc) is 3.52. The molecule has 2 N–H and O–H groups in total. The molecule has 1 aliphatic heterocycles. The van der Waals surface area contributed by atoms with E-state index in [1.165, 1.54) is 12.3 Å². The van der Waals surface area contributed by atoms with Crippen LogP contribution in [0.1, 0.15) is 44.1 Å². The van der Waals surface area contributed by atoms with Gasteiger partial charge in [-0.3, -0.25) is 19.6 Å². The van der Waals surface area contributed by atoms with Crippen LogP contribution >= 0.6 is 0 Å². The van der Waals surface area contributed by atoms with E-state index in [1.807, 2.05) is 6.92 Å². The van der Waals surface area contributed by atoms with Crippen LogP contribution in [0.15, 0.2) is 47.1 Å². The summed E-state index contributed by atoms with van der Waals surface area (Å²) in [5, 5.41) is 6.72. The molecule has 170 valence electrons. The summed E-state index contributed by atoms with van der Waals surface area (Å²) in [4.78, 5) is 39.4. The van der Waals surface area contributed by atoms with Crippen molar-refractivity contribution < 1.29 is 18.7 Å². The Bertz CT molecular complexity index is 1350. The molecule has 2 aliphatic rings. The summed E-state index contributed by atoms with van der Waals surface area (Å²) in [6, 6.07) is 6.64. The van der Waals surface area contributed by atoms with E-state index < -0.39 is 17.8 Å². The maximum Gasteiger partial charge on any atom is 0.419 e. The fraction of sp³-hybridized carbons (Fsp3) is 0.333. The molecule has 1 saturated carbocycles. The van der Waals surface area contributed by atoms with E-state index in [1.54, 1.807) is 29.0 Å². The van der Waals surface area contributed by atoms with E-state index >= 15 is 0 Å². The number of aromatic amines is 1. The largest absolute Gasteiger partial charge is 0.419 e. The number of nitrogens with zero attached hydrogens (tertiary/aromatic N) is 2. The van der Waals surface area contributed by atoms with Gasteiger partial charge in [0, 0.05) is 29.3 Å². The lowest BCUT2D eigenvalue weighted by molar-refractivity contribution is -0.116. The molecule has 0 radical (unpaired) electrons. The van der Waals surface area contributed by atoms with Crippen LogP contribution < -0.4 is 10.9 Å². The Labute approximate surface area is 188 Å². The smallest absolute Gasteiger partial charge is 0.404 e. The predicted molar refractivity (Wildman–Crippen MR) is 119 cm³/mol. The van der Waals surface area contributed by atoms with Crippen molar-refractivity contribution in [3.63, 3.8) is 0 Å². The molecule has 3 heterocycles. The monoisotopic (exact) mass is 450 g/mol. The van der Waals surface area contributed by atoms with E-state index in [0.29, 0.717) is 34.3 Å². The van der Waals surface area contributed by atoms with Gasteiger partial charge in [0.15, 0.2) is 5.76 Å². The molecule has 3 aromatic rings. The fourth-order valence-electron chi connectivity index (χ4n) is 4.85. The first kappa shape index (κ1) is 21.1. The molecule has 8 nitrogen and oxygen atoms in total. The van der Waals surface area contributed by atoms with Crippen molar-refractivity contribution in [3.05, 3.63) is 64.0 Å². The second-order valence-electron chi connectivity index (χ2n) is 8.45. The minimum Gasteiger partial charge on any atom is -0.404 e. The van der Waals surface area contributed by atoms with Crippen LogP contribution in [0.25, 0.3) is 22.2 Å². The van der Waals surface area contributed by atoms with Crippen LogP contribution in [-0.2, 0) is 16.1 Å². The highest BCUT2D eigenvalue weighted by Gasteiger charge is 2.32. The summed E-state index contributed by atoms with van der Waals surface area (Å²) < 4.78 is 21.3. The number of alkyl carbamates (subject to hydrolysis) is 1. The van der Waals surface area contributed by atoms with Gasteiger partial charge in [0.1, 0.15) is 5.82 Å². The number of allylic oxidation sites excluding steroid dienone is 1. The summed E-state index contributed by atoms with van der Waals surface area (Å²) in [5.41, 5.74) is 1.83. The number of carbonyl (C=O) groups is 2. The zero-order valence-electron chi connectivity index (χ0n) is 18.1. The summed E-state index contributed by atoms with van der Waals surface area (Å²) in [5.74, 6) is -1.32. The summed E-state index contributed by atoms with van der Waals surface area (Å²) in [6.45, 7) is 2.52. The molecule has 5 rings (SSSR count). The lowest BCUT2D eigenvalue weighted by Crippen LogP contribution is -2.21. The normalized spacial score (nSPS) is 18.8. The number of hydrogen-bond acceptors (Lipinski definition) is 5. The number of carbonyl (C=O) groups excluding carboxylic acids is 2. The molecule has 33 heavy (non-hydrogen) atoms. The number of aryl methyl sites for hydroxylation is 1. The lowest BCUT2D eigenvalue weighted by Gasteiger charge is -2.20. The molecule has 2 fully saturated rings. The Kier molecular flexibility index (Phi) is 5.32. The van der Waals surface area contributed by atoms with Crippen LogP contribution in [0, 0.1) is 11.7 Å². The Morgan fingerprint density at radius 2 is 2.03 bits per heavy atom. The minimum atomic E-state index is -0.815. The minimum absolute atomic E-state index is 0.0827. The molecular formula is C24H23FN4O4. The molecule has 2 aromatic heterocycles. The second-order valence-corrected chi connectivity index (χ2v) is 8.45. The lowest BCUT2D eigenvalue weighted by atomic mass is 9.84. The predicted octanol–water partition coefficient (Wildman–Crippen LogP) is 3.97. The molecule has 0 spiro atoms. The number of aromatic nitrogens is 3. The van der Waals surface area contributed by atoms with Crippen LogP contribution in [0.3, 0.4) is 0 Å². The molecular weight excluding hydrogens is 427 g/mol. The van der Waals surface area contributed by atoms with Gasteiger partial charge < -0.3 is 9.72 Å². The third-order valence-corrected chi connectivity index (χ3v) is 6.50. The summed E-state index contributed by atoms with van der Waals surface area (Å²) in [6.07, 6.45) is 6.15. The van der Waals surface area contributed by atoms with Gasteiger partial charge in [-0.1, -0.05) is 18.9 Å². The highest BCUT2D eigenvalue weighted by molar-refractivity contribution is 6.07. The first-order chi connectivity index (χ1) is 15.9. The SMILES string of the molecule is CCn1ncc2c(F)cc(-c3ccc(C(/C=C4/OC(=O)NC4=O)C4CCCC4)c(=O)[nH]3)cc21. The molecule has 0 bridgehead atoms. The molecule has 1 aliphatic carbocycles. The maximum atomic E-state index is 14.7. The molecule has 1 atom stereocenters. The molecule has 1 unspecified atom stereocenters. The third-order valence-electron chi connectivity index (χ3n) is 6.50. The number of amides is 2. The van der Waals surface area contributed by atoms with E-state index in [0.717, 1.165) is 25.7 Å². The van der Waals surface area contributed by atoms with Gasteiger partial charge in [0.05, 0.1) is 17.1 Å². The van der Waals surface area contributed by atoms with Gasteiger partial charge >= 0.3 is 6.09 Å². The Hall–Kier alpha value is -3.75. The van der Waals surface area contributed by atoms with Gasteiger partial charge in [-0.25, -0.2) is 9.18 Å². The number of pyridine rings is 1. The first-order valence-corrected chi connectivity index (χ1v) is 11.1. The van der Waals surface area contributed by atoms with E-state index in [-0.39, 0.29) is 23.2 Å². The number of cyclic esters (lactones) is 1. The Morgan fingerprint density at radius 1 is 1.24 bits per heavy atom. The number of nitrogens with one attached hydrogen (secondary N) is 2. The van der Waals surface area contributed by atoms with Crippen molar-refractivity contribution in [3.8, 4) is 11.3 Å². The van der Waals surface area contributed by atoms with Gasteiger partial charge in [-0.15, -0.1) is 0 Å². The van der Waals surface area contributed by atoms with Crippen molar-refractivity contribution in [2.75, 3.05) is 0 Å². The van der Waals surface area contributed by atoms with Gasteiger partial charge in [-0.2, -0.15) is 5.10 Å². The number of halogens is 1. The highest BCUT2D eigenvalue weighted by Crippen LogP contribution is 2.38. The third kappa shape index (κ3) is 3.83. The van der Waals surface area contributed by atoms with Gasteiger partial charge in [0.2, 0.25) is 0 Å². The average molecular weight is 450 g/mol. The zero-order valence-corrected chi connectivity index (χ0v) is 18.1. The zero-order chi connectivity index (χ0) is 23.1. The van der Waals surface area contributed by atoms with Crippen molar-refractivity contribution in [2.24, 2.45) is 5.92 Å². The summed E-state index contributed by atoms with van der Waals surface area (Å²) >= 11 is 0. The topological polar surface area (TPSA) is 106 Å². The van der Waals surface area contributed by atoms with E-state index in [9.17, 15) is 18.8 Å². The van der Waals surface area contributed by atoms with Gasteiger partial charge in [-0.05, 0) is 50.0 Å². The highest BCUT2D eigenvalue weighted by atomic mass is 19.1. The van der Waals surface area contributed by atoms with Crippen molar-refractivity contribution in [2.45, 2.75) is 45.1 Å². The van der Waals surface area contributed by atoms with E-state index in [4.69, 9.17) is 4.74 Å². The number of H-pyrrole nitrogens is 1. The van der Waals surface area contributed by atoms with Crippen molar-refractivity contribution in [1.29, 1.82) is 0 Å². The fourth-order valence-corrected chi connectivity index (χ4v) is 4.85. The molecule has 1 saturated heterocycles. The van der Waals surface area contributed by atoms with Crippen molar-refractivity contribution >= 4 is 22.9 Å². The maximum absolute atomic E-state index is 14.7. The Morgan fingerprint density at radius 3 is 2.70 bits per heavy atom. The Balaban J connectivity index is 1.55. The van der Waals surface area contributed by atoms with Crippen LogP contribution in [0.2, 0.25) is 0 Å². The number of fused-ring (bicyclic) bond motifs is 1. The number of ether oxygens (including phenoxy) is 1. The van der Waals surface area contributed by atoms with Gasteiger partial charge in [0.25, 0.3) is 11.5 Å². The van der Waals surface area contributed by atoms with Crippen LogP contribution in [-0.4, -0.2) is 26.8 Å². The van der Waals surface area contributed by atoms with Crippen molar-refractivity contribution in [1.82, 2.24) is 20.1 Å². The summed E-state index contributed by atoms with van der Waals surface area (Å²) in [7, 11) is 0. The van der Waals surface area contributed by atoms with Crippen LogP contribution in [0.4, 0.5) is 9.18 Å². The molecule has 9 heteroatoms. The molecule has 2 amide bonds. The second kappa shape index (κ2) is 8.31. The number of imide groups is 1. The standard InChI is InChI=1S/C24H23FN4O4/c1-2-29-20-10-14(9-18(25)17(20)12-26-29)19-8-7-15(22(30)27-19)16(13-5-3-4-6-13)11-21-23(31)28-24(32)33-21/h7-13,16H,2-6H2,1H3,(H,27,30)(H,28,31,32)/b21-11+. The number of benzene rings is 1. The molecule has 1 aromatic carbocycles. The van der Waals surface area contributed by atoms with E-state index in [2.05, 4.69) is 15.4 Å². The number of hydrogen-bond donors (Lipinski definition) is 2.